The van der Waals surface area contributed by atoms with Crippen molar-refractivity contribution in [2.45, 2.75) is 33.8 Å². The monoisotopic (exact) mass is 234 g/mol. The number of hydrogen-bond acceptors (Lipinski definition) is 2. The molecule has 0 fully saturated rings. The molecule has 3 nitrogen and oxygen atoms in total. The van der Waals surface area contributed by atoms with Gasteiger partial charge in [-0.1, -0.05) is 26.0 Å². The molecule has 1 aromatic carbocycles. The predicted molar refractivity (Wildman–Crippen MR) is 71.3 cm³/mol. The maximum atomic E-state index is 7.36. The molecule has 1 aromatic rings. The molecule has 0 saturated heterocycles. The molecule has 94 valence electrons. The lowest BCUT2D eigenvalue weighted by atomic mass is 10.1. The van der Waals surface area contributed by atoms with E-state index >= 15 is 0 Å². The van der Waals surface area contributed by atoms with Crippen molar-refractivity contribution in [2.24, 2.45) is 11.7 Å². The summed E-state index contributed by atoms with van der Waals surface area (Å²) >= 11 is 0. The van der Waals surface area contributed by atoms with E-state index in [1.807, 2.05) is 25.1 Å². The number of rotatable bonds is 6. The summed E-state index contributed by atoms with van der Waals surface area (Å²) in [5.74, 6) is 0.788. The average Bonchev–Trinajstić information content (AvgIpc) is 2.25. The molecule has 0 spiro atoms. The predicted octanol–water partition coefficient (Wildman–Crippen LogP) is 2.84. The third-order valence-electron chi connectivity index (χ3n) is 2.75. The minimum Gasteiger partial charge on any atom is -0.384 e. The van der Waals surface area contributed by atoms with Crippen LogP contribution in [0.4, 0.5) is 0 Å². The summed E-state index contributed by atoms with van der Waals surface area (Å²) in [6.45, 7) is 7.84. The first-order chi connectivity index (χ1) is 8.00. The lowest BCUT2D eigenvalue weighted by Crippen LogP contribution is -2.11. The highest BCUT2D eigenvalue weighted by atomic mass is 16.5. The van der Waals surface area contributed by atoms with E-state index in [9.17, 15) is 0 Å². The van der Waals surface area contributed by atoms with Gasteiger partial charge in [-0.25, -0.2) is 0 Å². The highest BCUT2D eigenvalue weighted by Crippen LogP contribution is 2.12. The molecule has 0 amide bonds. The highest BCUT2D eigenvalue weighted by molar-refractivity contribution is 5.95. The Labute approximate surface area is 103 Å². The molecule has 3 N–H and O–H groups in total. The van der Waals surface area contributed by atoms with Gasteiger partial charge in [0.25, 0.3) is 0 Å². The topological polar surface area (TPSA) is 59.1 Å². The molecule has 0 aliphatic carbocycles. The third kappa shape index (κ3) is 4.57. The van der Waals surface area contributed by atoms with Crippen molar-refractivity contribution in [1.82, 2.24) is 0 Å². The smallest absolute Gasteiger partial charge is 0.122 e. The van der Waals surface area contributed by atoms with Crippen molar-refractivity contribution in [1.29, 1.82) is 5.41 Å². The zero-order valence-electron chi connectivity index (χ0n) is 10.9. The van der Waals surface area contributed by atoms with Crippen molar-refractivity contribution in [3.05, 3.63) is 34.9 Å². The van der Waals surface area contributed by atoms with Crippen LogP contribution in [0.15, 0.2) is 18.2 Å². The van der Waals surface area contributed by atoms with E-state index in [4.69, 9.17) is 15.9 Å². The van der Waals surface area contributed by atoms with E-state index in [2.05, 4.69) is 13.8 Å². The standard InChI is InChI=1S/C14H22N2O/c1-10(2)6-7-17-9-13-5-4-12(14(15)16)8-11(13)3/h4-5,8,10H,6-7,9H2,1-3H3,(H3,15,16). The van der Waals surface area contributed by atoms with Crippen LogP contribution in [0.5, 0.6) is 0 Å². The summed E-state index contributed by atoms with van der Waals surface area (Å²) in [6, 6.07) is 5.79. The van der Waals surface area contributed by atoms with Gasteiger partial charge in [0.2, 0.25) is 0 Å². The van der Waals surface area contributed by atoms with Crippen LogP contribution in [0, 0.1) is 18.3 Å². The van der Waals surface area contributed by atoms with Gasteiger partial charge in [0, 0.05) is 12.2 Å². The first kappa shape index (κ1) is 13.7. The third-order valence-corrected chi connectivity index (χ3v) is 2.75. The Hall–Kier alpha value is -1.35. The Morgan fingerprint density at radius 3 is 2.65 bits per heavy atom. The van der Waals surface area contributed by atoms with Gasteiger partial charge in [-0.15, -0.1) is 0 Å². The van der Waals surface area contributed by atoms with Gasteiger partial charge in [-0.3, -0.25) is 5.41 Å². The number of nitrogens with one attached hydrogen (secondary N) is 1. The quantitative estimate of drug-likeness (QED) is 0.452. The van der Waals surface area contributed by atoms with Gasteiger partial charge in [-0.2, -0.15) is 0 Å². The molecule has 0 aromatic heterocycles. The number of hydrogen-bond donors (Lipinski definition) is 2. The average molecular weight is 234 g/mol. The van der Waals surface area contributed by atoms with E-state index < -0.39 is 0 Å². The van der Waals surface area contributed by atoms with E-state index in [1.54, 1.807) is 0 Å². The molecular weight excluding hydrogens is 212 g/mol. The van der Waals surface area contributed by atoms with Crippen LogP contribution >= 0.6 is 0 Å². The minimum atomic E-state index is 0.111. The zero-order chi connectivity index (χ0) is 12.8. The van der Waals surface area contributed by atoms with Crippen LogP contribution in [0.1, 0.15) is 37.0 Å². The molecule has 0 unspecified atom stereocenters. The molecule has 3 heteroatoms. The maximum Gasteiger partial charge on any atom is 0.122 e. The Morgan fingerprint density at radius 1 is 1.41 bits per heavy atom. The molecule has 0 radical (unpaired) electrons. The molecule has 17 heavy (non-hydrogen) atoms. The van der Waals surface area contributed by atoms with Crippen LogP contribution in [-0.4, -0.2) is 12.4 Å². The largest absolute Gasteiger partial charge is 0.384 e. The van der Waals surface area contributed by atoms with Gasteiger partial charge in [-0.05, 0) is 36.5 Å². The Bertz CT molecular complexity index is 386. The van der Waals surface area contributed by atoms with Crippen molar-refractivity contribution < 1.29 is 4.74 Å². The normalized spacial score (nSPS) is 10.8. The number of nitrogens with two attached hydrogens (primary N) is 1. The molecule has 0 aliphatic rings. The lowest BCUT2D eigenvalue weighted by molar-refractivity contribution is 0.110. The second kappa shape index (κ2) is 6.40. The van der Waals surface area contributed by atoms with Crippen molar-refractivity contribution in [2.75, 3.05) is 6.61 Å². The first-order valence-corrected chi connectivity index (χ1v) is 6.02. The molecule has 0 bridgehead atoms. The van der Waals surface area contributed by atoms with Gasteiger partial charge < -0.3 is 10.5 Å². The van der Waals surface area contributed by atoms with Crippen LogP contribution in [0.25, 0.3) is 0 Å². The Morgan fingerprint density at radius 2 is 2.12 bits per heavy atom. The van der Waals surface area contributed by atoms with Crippen molar-refractivity contribution in [3.8, 4) is 0 Å². The number of amidine groups is 1. The van der Waals surface area contributed by atoms with Crippen LogP contribution in [0.2, 0.25) is 0 Å². The fourth-order valence-corrected chi connectivity index (χ4v) is 1.53. The van der Waals surface area contributed by atoms with E-state index in [0.29, 0.717) is 12.5 Å². The Balaban J connectivity index is 2.52. The van der Waals surface area contributed by atoms with Gasteiger partial charge in [0.15, 0.2) is 0 Å². The van der Waals surface area contributed by atoms with Crippen LogP contribution in [0.3, 0.4) is 0 Å². The van der Waals surface area contributed by atoms with Crippen molar-refractivity contribution in [3.63, 3.8) is 0 Å². The van der Waals surface area contributed by atoms with E-state index in [0.717, 1.165) is 24.2 Å². The fraction of sp³-hybridized carbons (Fsp3) is 0.500. The molecule has 0 atom stereocenters. The maximum absolute atomic E-state index is 7.36. The number of nitrogen functional groups attached to an aromatic ring is 1. The Kier molecular flexibility index (Phi) is 5.16. The minimum absolute atomic E-state index is 0.111. The molecule has 1 rings (SSSR count). The van der Waals surface area contributed by atoms with Gasteiger partial charge >= 0.3 is 0 Å². The van der Waals surface area contributed by atoms with Gasteiger partial charge in [0.05, 0.1) is 6.61 Å². The number of ether oxygens (including phenoxy) is 1. The SMILES string of the molecule is Cc1cc(C(=N)N)ccc1COCCC(C)C. The molecule has 0 heterocycles. The van der Waals surface area contributed by atoms with Gasteiger partial charge in [0.1, 0.15) is 5.84 Å². The summed E-state index contributed by atoms with van der Waals surface area (Å²) in [4.78, 5) is 0. The fourth-order valence-electron chi connectivity index (χ4n) is 1.53. The number of benzene rings is 1. The summed E-state index contributed by atoms with van der Waals surface area (Å²) in [7, 11) is 0. The zero-order valence-corrected chi connectivity index (χ0v) is 10.9. The summed E-state index contributed by atoms with van der Waals surface area (Å²) in [5, 5.41) is 7.36. The summed E-state index contributed by atoms with van der Waals surface area (Å²) < 4.78 is 5.63. The number of aryl methyl sites for hydroxylation is 1. The summed E-state index contributed by atoms with van der Waals surface area (Å²) in [5.41, 5.74) is 8.50. The first-order valence-electron chi connectivity index (χ1n) is 6.02. The lowest BCUT2D eigenvalue weighted by Gasteiger charge is -2.10. The van der Waals surface area contributed by atoms with Crippen LogP contribution < -0.4 is 5.73 Å². The van der Waals surface area contributed by atoms with E-state index in [1.165, 1.54) is 5.56 Å². The summed E-state index contributed by atoms with van der Waals surface area (Å²) in [6.07, 6.45) is 1.09. The molecular formula is C14H22N2O. The molecule has 0 saturated carbocycles. The second-order valence-electron chi connectivity index (χ2n) is 4.79. The van der Waals surface area contributed by atoms with Crippen molar-refractivity contribution >= 4 is 5.84 Å². The van der Waals surface area contributed by atoms with E-state index in [-0.39, 0.29) is 5.84 Å². The van der Waals surface area contributed by atoms with Crippen LogP contribution in [-0.2, 0) is 11.3 Å². The highest BCUT2D eigenvalue weighted by Gasteiger charge is 2.02. The molecule has 0 aliphatic heterocycles. The second-order valence-corrected chi connectivity index (χ2v) is 4.79.